The van der Waals surface area contributed by atoms with Crippen LogP contribution in [0.15, 0.2) is 42.6 Å². The number of nitrogens with zero attached hydrogens (tertiary/aromatic N) is 1. The first-order chi connectivity index (χ1) is 8.24. The van der Waals surface area contributed by atoms with Gasteiger partial charge in [0.15, 0.2) is 0 Å². The maximum Gasteiger partial charge on any atom is 0.142 e. The van der Waals surface area contributed by atoms with Crippen molar-refractivity contribution in [3.63, 3.8) is 0 Å². The fourth-order valence-electron chi connectivity index (χ4n) is 1.89. The SMILES string of the molecule is COc1cccnc1C(N)c1ccccc1C. The highest BCUT2D eigenvalue weighted by Gasteiger charge is 2.16. The van der Waals surface area contributed by atoms with Crippen LogP contribution in [0.3, 0.4) is 0 Å². The number of aryl methyl sites for hydroxylation is 1. The normalized spacial score (nSPS) is 12.2. The summed E-state index contributed by atoms with van der Waals surface area (Å²) in [7, 11) is 1.63. The minimum absolute atomic E-state index is 0.257. The van der Waals surface area contributed by atoms with Gasteiger partial charge in [0, 0.05) is 6.20 Å². The average molecular weight is 228 g/mol. The van der Waals surface area contributed by atoms with Crippen molar-refractivity contribution >= 4 is 0 Å². The van der Waals surface area contributed by atoms with Crippen LogP contribution in [-0.4, -0.2) is 12.1 Å². The van der Waals surface area contributed by atoms with Crippen molar-refractivity contribution in [3.05, 3.63) is 59.4 Å². The first-order valence-electron chi connectivity index (χ1n) is 5.54. The van der Waals surface area contributed by atoms with E-state index in [1.807, 2.05) is 43.3 Å². The molecule has 3 nitrogen and oxygen atoms in total. The zero-order valence-corrected chi connectivity index (χ0v) is 10.1. The van der Waals surface area contributed by atoms with Crippen LogP contribution in [0.2, 0.25) is 0 Å². The summed E-state index contributed by atoms with van der Waals surface area (Å²) in [5.74, 6) is 0.725. The lowest BCUT2D eigenvalue weighted by Crippen LogP contribution is -2.15. The summed E-state index contributed by atoms with van der Waals surface area (Å²) in [6.45, 7) is 2.05. The molecule has 0 aliphatic heterocycles. The number of nitrogens with two attached hydrogens (primary N) is 1. The van der Waals surface area contributed by atoms with E-state index >= 15 is 0 Å². The second-order valence-electron chi connectivity index (χ2n) is 3.93. The number of hydrogen-bond donors (Lipinski definition) is 1. The van der Waals surface area contributed by atoms with E-state index < -0.39 is 0 Å². The van der Waals surface area contributed by atoms with Crippen molar-refractivity contribution in [2.24, 2.45) is 5.73 Å². The number of ether oxygens (including phenoxy) is 1. The summed E-state index contributed by atoms with van der Waals surface area (Å²) in [5.41, 5.74) is 9.25. The molecule has 0 amide bonds. The summed E-state index contributed by atoms with van der Waals surface area (Å²) in [5, 5.41) is 0. The van der Waals surface area contributed by atoms with Gasteiger partial charge in [-0.25, -0.2) is 0 Å². The zero-order valence-electron chi connectivity index (χ0n) is 10.1. The van der Waals surface area contributed by atoms with E-state index in [9.17, 15) is 0 Å². The van der Waals surface area contributed by atoms with Crippen LogP contribution in [0.1, 0.15) is 22.9 Å². The minimum Gasteiger partial charge on any atom is -0.495 e. The fraction of sp³-hybridized carbons (Fsp3) is 0.214. The molecule has 1 aromatic carbocycles. The maximum absolute atomic E-state index is 6.25. The standard InChI is InChI=1S/C14H16N2O/c1-10-6-3-4-7-11(10)13(15)14-12(17-2)8-5-9-16-14/h3-9,13H,15H2,1-2H3. The molecular weight excluding hydrogens is 212 g/mol. The minimum atomic E-state index is -0.257. The Hall–Kier alpha value is -1.87. The predicted octanol–water partition coefficient (Wildman–Crippen LogP) is 2.45. The van der Waals surface area contributed by atoms with E-state index in [0.29, 0.717) is 0 Å². The molecule has 0 spiro atoms. The summed E-state index contributed by atoms with van der Waals surface area (Å²) in [4.78, 5) is 4.32. The molecule has 1 unspecified atom stereocenters. The van der Waals surface area contributed by atoms with Gasteiger partial charge in [-0.2, -0.15) is 0 Å². The molecule has 2 N–H and O–H groups in total. The molecule has 1 aromatic heterocycles. The lowest BCUT2D eigenvalue weighted by molar-refractivity contribution is 0.404. The Morgan fingerprint density at radius 3 is 2.65 bits per heavy atom. The zero-order chi connectivity index (χ0) is 12.3. The van der Waals surface area contributed by atoms with E-state index in [1.165, 1.54) is 0 Å². The lowest BCUT2D eigenvalue weighted by atomic mass is 9.99. The van der Waals surface area contributed by atoms with Gasteiger partial charge in [-0.15, -0.1) is 0 Å². The van der Waals surface area contributed by atoms with Crippen LogP contribution < -0.4 is 10.5 Å². The topological polar surface area (TPSA) is 48.1 Å². The van der Waals surface area contributed by atoms with E-state index in [2.05, 4.69) is 4.98 Å². The average Bonchev–Trinajstić information content (AvgIpc) is 2.38. The molecule has 2 aromatic rings. The Morgan fingerprint density at radius 1 is 1.18 bits per heavy atom. The number of methoxy groups -OCH3 is 1. The first kappa shape index (κ1) is 11.6. The predicted molar refractivity (Wildman–Crippen MR) is 68.0 cm³/mol. The van der Waals surface area contributed by atoms with Gasteiger partial charge in [0.25, 0.3) is 0 Å². The number of pyridine rings is 1. The molecule has 0 aliphatic rings. The highest BCUT2D eigenvalue weighted by atomic mass is 16.5. The van der Waals surface area contributed by atoms with Crippen molar-refractivity contribution in [1.82, 2.24) is 4.98 Å². The smallest absolute Gasteiger partial charge is 0.142 e. The monoisotopic (exact) mass is 228 g/mol. The molecule has 1 atom stereocenters. The number of rotatable bonds is 3. The summed E-state index contributed by atoms with van der Waals surface area (Å²) >= 11 is 0. The molecule has 0 aliphatic carbocycles. The molecule has 0 saturated carbocycles. The Kier molecular flexibility index (Phi) is 3.40. The summed E-state index contributed by atoms with van der Waals surface area (Å²) < 4.78 is 5.29. The molecule has 1 heterocycles. The number of benzene rings is 1. The van der Waals surface area contributed by atoms with Crippen LogP contribution >= 0.6 is 0 Å². The first-order valence-corrected chi connectivity index (χ1v) is 5.54. The van der Waals surface area contributed by atoms with Gasteiger partial charge in [0.1, 0.15) is 11.4 Å². The van der Waals surface area contributed by atoms with Gasteiger partial charge in [-0.1, -0.05) is 24.3 Å². The third-order valence-electron chi connectivity index (χ3n) is 2.84. The molecular formula is C14H16N2O. The van der Waals surface area contributed by atoms with Gasteiger partial charge < -0.3 is 10.5 Å². The Labute approximate surface area is 101 Å². The van der Waals surface area contributed by atoms with Gasteiger partial charge in [0.05, 0.1) is 13.2 Å². The fourth-order valence-corrected chi connectivity index (χ4v) is 1.89. The lowest BCUT2D eigenvalue weighted by Gasteiger charge is -2.16. The van der Waals surface area contributed by atoms with Crippen LogP contribution in [0.25, 0.3) is 0 Å². The quantitative estimate of drug-likeness (QED) is 0.877. The van der Waals surface area contributed by atoms with Crippen LogP contribution in [0.5, 0.6) is 5.75 Å². The van der Waals surface area contributed by atoms with E-state index in [1.54, 1.807) is 13.3 Å². The van der Waals surface area contributed by atoms with Gasteiger partial charge in [-0.3, -0.25) is 4.98 Å². The highest BCUT2D eigenvalue weighted by Crippen LogP contribution is 2.27. The van der Waals surface area contributed by atoms with Gasteiger partial charge in [0.2, 0.25) is 0 Å². The van der Waals surface area contributed by atoms with Gasteiger partial charge >= 0.3 is 0 Å². The third kappa shape index (κ3) is 2.29. The molecule has 88 valence electrons. The van der Waals surface area contributed by atoms with Crippen LogP contribution in [-0.2, 0) is 0 Å². The van der Waals surface area contributed by atoms with E-state index in [4.69, 9.17) is 10.5 Å². The second-order valence-corrected chi connectivity index (χ2v) is 3.93. The van der Waals surface area contributed by atoms with E-state index in [0.717, 1.165) is 22.6 Å². The molecule has 0 saturated heterocycles. The molecule has 17 heavy (non-hydrogen) atoms. The second kappa shape index (κ2) is 4.97. The number of hydrogen-bond acceptors (Lipinski definition) is 3. The Bertz CT molecular complexity index is 511. The molecule has 0 radical (unpaired) electrons. The van der Waals surface area contributed by atoms with Crippen molar-refractivity contribution in [2.45, 2.75) is 13.0 Å². The summed E-state index contributed by atoms with van der Waals surface area (Å²) in [6.07, 6.45) is 1.73. The maximum atomic E-state index is 6.25. The molecule has 2 rings (SSSR count). The Balaban J connectivity index is 2.44. The molecule has 3 heteroatoms. The van der Waals surface area contributed by atoms with Crippen molar-refractivity contribution < 1.29 is 4.74 Å². The van der Waals surface area contributed by atoms with Crippen molar-refractivity contribution in [3.8, 4) is 5.75 Å². The third-order valence-corrected chi connectivity index (χ3v) is 2.84. The van der Waals surface area contributed by atoms with Crippen LogP contribution in [0, 0.1) is 6.92 Å². The van der Waals surface area contributed by atoms with E-state index in [-0.39, 0.29) is 6.04 Å². The summed E-state index contributed by atoms with van der Waals surface area (Å²) in [6, 6.07) is 11.5. The van der Waals surface area contributed by atoms with Crippen LogP contribution in [0.4, 0.5) is 0 Å². The van der Waals surface area contributed by atoms with Gasteiger partial charge in [-0.05, 0) is 30.2 Å². The number of aromatic nitrogens is 1. The van der Waals surface area contributed by atoms with Crippen molar-refractivity contribution in [2.75, 3.05) is 7.11 Å². The molecule has 0 bridgehead atoms. The molecule has 0 fully saturated rings. The highest BCUT2D eigenvalue weighted by molar-refractivity contribution is 5.39. The van der Waals surface area contributed by atoms with Crippen molar-refractivity contribution in [1.29, 1.82) is 0 Å². The Morgan fingerprint density at radius 2 is 1.94 bits per heavy atom. The largest absolute Gasteiger partial charge is 0.495 e.